The number of benzene rings is 2. The van der Waals surface area contributed by atoms with Gasteiger partial charge in [-0.1, -0.05) is 36.4 Å². The van der Waals surface area contributed by atoms with Crippen molar-refractivity contribution in [2.45, 2.75) is 38.5 Å². The average Bonchev–Trinajstić information content (AvgIpc) is 3.08. The second-order valence-electron chi connectivity index (χ2n) is 7.55. The average molecular weight is 407 g/mol. The molecule has 30 heavy (non-hydrogen) atoms. The molecule has 0 aromatic heterocycles. The first-order chi connectivity index (χ1) is 14.6. The van der Waals surface area contributed by atoms with Gasteiger partial charge in [-0.2, -0.15) is 0 Å². The molecule has 2 aromatic carbocycles. The fourth-order valence-electron chi connectivity index (χ4n) is 3.91. The van der Waals surface area contributed by atoms with Crippen molar-refractivity contribution >= 4 is 23.4 Å². The Morgan fingerprint density at radius 2 is 1.90 bits per heavy atom. The number of hydrogen-bond acceptors (Lipinski definition) is 5. The van der Waals surface area contributed by atoms with E-state index in [1.807, 2.05) is 42.5 Å². The molecule has 156 valence electrons. The summed E-state index contributed by atoms with van der Waals surface area (Å²) in [6.45, 7) is 2.32. The molecule has 1 fully saturated rings. The van der Waals surface area contributed by atoms with Gasteiger partial charge in [0.2, 0.25) is 11.8 Å². The van der Waals surface area contributed by atoms with Gasteiger partial charge in [-0.15, -0.1) is 0 Å². The minimum Gasteiger partial charge on any atom is -0.385 e. The fourth-order valence-corrected chi connectivity index (χ4v) is 3.91. The van der Waals surface area contributed by atoms with E-state index >= 15 is 0 Å². The Kier molecular flexibility index (Phi) is 6.09. The van der Waals surface area contributed by atoms with E-state index in [4.69, 9.17) is 4.74 Å². The standard InChI is InChI=1S/C23H25N3O4/c27-21-11-10-20(22(28)25-21)26-14-18-17(23(26)29)8-4-9-19(18)24-12-5-13-30-15-16-6-2-1-3-7-16/h1-4,6-9,20,24H,5,10-15H2,(H,25,27,28). The number of nitrogens with zero attached hydrogens (tertiary/aromatic N) is 1. The third kappa shape index (κ3) is 4.36. The molecule has 7 nitrogen and oxygen atoms in total. The first-order valence-corrected chi connectivity index (χ1v) is 10.3. The van der Waals surface area contributed by atoms with Crippen molar-refractivity contribution in [3.63, 3.8) is 0 Å². The van der Waals surface area contributed by atoms with E-state index in [9.17, 15) is 14.4 Å². The predicted molar refractivity (Wildman–Crippen MR) is 112 cm³/mol. The van der Waals surface area contributed by atoms with Gasteiger partial charge in [0.15, 0.2) is 0 Å². The van der Waals surface area contributed by atoms with Crippen LogP contribution in [0, 0.1) is 0 Å². The maximum Gasteiger partial charge on any atom is 0.255 e. The minimum absolute atomic E-state index is 0.158. The highest BCUT2D eigenvalue weighted by Gasteiger charge is 2.39. The molecule has 0 saturated carbocycles. The number of fused-ring (bicyclic) bond motifs is 1. The van der Waals surface area contributed by atoms with Crippen LogP contribution in [-0.4, -0.2) is 41.8 Å². The third-order valence-electron chi connectivity index (χ3n) is 5.47. The number of piperidine rings is 1. The van der Waals surface area contributed by atoms with Gasteiger partial charge in [0, 0.05) is 42.9 Å². The molecule has 2 aliphatic rings. The van der Waals surface area contributed by atoms with E-state index < -0.39 is 11.9 Å². The molecule has 1 saturated heterocycles. The predicted octanol–water partition coefficient (Wildman–Crippen LogP) is 2.47. The molecule has 1 atom stereocenters. The highest BCUT2D eigenvalue weighted by Crippen LogP contribution is 2.32. The molecule has 2 heterocycles. The highest BCUT2D eigenvalue weighted by atomic mass is 16.5. The molecular formula is C23H25N3O4. The van der Waals surface area contributed by atoms with Gasteiger partial charge in [0.25, 0.3) is 5.91 Å². The number of hydrogen-bond donors (Lipinski definition) is 2. The highest BCUT2D eigenvalue weighted by molar-refractivity contribution is 6.06. The van der Waals surface area contributed by atoms with Crippen molar-refractivity contribution in [3.05, 3.63) is 65.2 Å². The molecule has 2 aromatic rings. The maximum absolute atomic E-state index is 12.8. The summed E-state index contributed by atoms with van der Waals surface area (Å²) < 4.78 is 5.71. The van der Waals surface area contributed by atoms with Gasteiger partial charge in [-0.3, -0.25) is 19.7 Å². The van der Waals surface area contributed by atoms with E-state index in [0.717, 1.165) is 29.8 Å². The van der Waals surface area contributed by atoms with Crippen LogP contribution in [0.3, 0.4) is 0 Å². The van der Waals surface area contributed by atoms with Gasteiger partial charge >= 0.3 is 0 Å². The van der Waals surface area contributed by atoms with Crippen LogP contribution in [0.25, 0.3) is 0 Å². The van der Waals surface area contributed by atoms with Crippen LogP contribution in [0.15, 0.2) is 48.5 Å². The molecule has 0 aliphatic carbocycles. The zero-order chi connectivity index (χ0) is 20.9. The summed E-state index contributed by atoms with van der Waals surface area (Å²) >= 11 is 0. The van der Waals surface area contributed by atoms with Crippen molar-refractivity contribution in [2.24, 2.45) is 0 Å². The lowest BCUT2D eigenvalue weighted by molar-refractivity contribution is -0.136. The summed E-state index contributed by atoms with van der Waals surface area (Å²) in [6.07, 6.45) is 1.46. The molecule has 1 unspecified atom stereocenters. The Bertz CT molecular complexity index is 945. The monoisotopic (exact) mass is 407 g/mol. The van der Waals surface area contributed by atoms with E-state index in [0.29, 0.717) is 31.7 Å². The molecule has 0 bridgehead atoms. The topological polar surface area (TPSA) is 87.7 Å². The largest absolute Gasteiger partial charge is 0.385 e. The number of imide groups is 1. The number of ether oxygens (including phenoxy) is 1. The minimum atomic E-state index is -0.596. The van der Waals surface area contributed by atoms with E-state index in [-0.39, 0.29) is 18.2 Å². The number of anilines is 1. The normalized spacial score (nSPS) is 18.3. The van der Waals surface area contributed by atoms with Crippen LogP contribution in [0.4, 0.5) is 5.69 Å². The lowest BCUT2D eigenvalue weighted by Gasteiger charge is -2.29. The zero-order valence-corrected chi connectivity index (χ0v) is 16.7. The summed E-state index contributed by atoms with van der Waals surface area (Å²) in [7, 11) is 0. The second kappa shape index (κ2) is 9.09. The molecule has 4 rings (SSSR count). The van der Waals surface area contributed by atoms with Crippen LogP contribution in [0.5, 0.6) is 0 Å². The Labute approximate surface area is 175 Å². The molecular weight excluding hydrogens is 382 g/mol. The van der Waals surface area contributed by atoms with Crippen LogP contribution in [0.1, 0.15) is 40.7 Å². The van der Waals surface area contributed by atoms with Crippen molar-refractivity contribution in [3.8, 4) is 0 Å². The van der Waals surface area contributed by atoms with Crippen molar-refractivity contribution < 1.29 is 19.1 Å². The van der Waals surface area contributed by atoms with Gasteiger partial charge in [-0.05, 0) is 30.5 Å². The summed E-state index contributed by atoms with van der Waals surface area (Å²) in [6, 6.07) is 15.0. The second-order valence-corrected chi connectivity index (χ2v) is 7.55. The quantitative estimate of drug-likeness (QED) is 0.519. The van der Waals surface area contributed by atoms with Crippen molar-refractivity contribution in [1.29, 1.82) is 0 Å². The molecule has 0 spiro atoms. The van der Waals surface area contributed by atoms with E-state index in [1.54, 1.807) is 11.0 Å². The smallest absolute Gasteiger partial charge is 0.255 e. The third-order valence-corrected chi connectivity index (χ3v) is 5.47. The Hall–Kier alpha value is -3.19. The van der Waals surface area contributed by atoms with Gasteiger partial charge < -0.3 is 15.0 Å². The van der Waals surface area contributed by atoms with Crippen LogP contribution < -0.4 is 10.6 Å². The maximum atomic E-state index is 12.8. The fraction of sp³-hybridized carbons (Fsp3) is 0.348. The molecule has 7 heteroatoms. The number of carbonyl (C=O) groups is 3. The van der Waals surface area contributed by atoms with Crippen LogP contribution >= 0.6 is 0 Å². The number of amides is 3. The number of rotatable bonds is 8. The molecule has 3 amide bonds. The van der Waals surface area contributed by atoms with Crippen LogP contribution in [0.2, 0.25) is 0 Å². The first-order valence-electron chi connectivity index (χ1n) is 10.3. The van der Waals surface area contributed by atoms with Crippen molar-refractivity contribution in [1.82, 2.24) is 10.2 Å². The molecule has 2 N–H and O–H groups in total. The van der Waals surface area contributed by atoms with Gasteiger partial charge in [-0.25, -0.2) is 0 Å². The SMILES string of the molecule is O=C1CCC(N2Cc3c(NCCCOCc4ccccc4)cccc3C2=O)C(=O)N1. The Morgan fingerprint density at radius 3 is 2.70 bits per heavy atom. The van der Waals surface area contributed by atoms with E-state index in [2.05, 4.69) is 10.6 Å². The first kappa shape index (κ1) is 20.1. The molecule has 2 aliphatic heterocycles. The van der Waals surface area contributed by atoms with E-state index in [1.165, 1.54) is 0 Å². The Morgan fingerprint density at radius 1 is 1.07 bits per heavy atom. The number of nitrogens with one attached hydrogen (secondary N) is 2. The lowest BCUT2D eigenvalue weighted by Crippen LogP contribution is -2.52. The number of carbonyl (C=O) groups excluding carboxylic acids is 3. The summed E-state index contributed by atoms with van der Waals surface area (Å²) in [5, 5.41) is 5.72. The summed E-state index contributed by atoms with van der Waals surface area (Å²) in [4.78, 5) is 38.0. The lowest BCUT2D eigenvalue weighted by atomic mass is 10.0. The summed E-state index contributed by atoms with van der Waals surface area (Å²) in [5.74, 6) is -0.830. The molecule has 0 radical (unpaired) electrons. The zero-order valence-electron chi connectivity index (χ0n) is 16.7. The Balaban J connectivity index is 1.30. The van der Waals surface area contributed by atoms with Crippen LogP contribution in [-0.2, 0) is 27.5 Å². The van der Waals surface area contributed by atoms with Gasteiger partial charge in [0.1, 0.15) is 6.04 Å². The van der Waals surface area contributed by atoms with Gasteiger partial charge in [0.05, 0.1) is 6.61 Å². The van der Waals surface area contributed by atoms with Crippen molar-refractivity contribution in [2.75, 3.05) is 18.5 Å². The summed E-state index contributed by atoms with van der Waals surface area (Å²) in [5.41, 5.74) is 3.57.